The maximum atomic E-state index is 11.7. The van der Waals surface area contributed by atoms with Crippen molar-refractivity contribution in [1.82, 2.24) is 0 Å². The van der Waals surface area contributed by atoms with Gasteiger partial charge in [-0.25, -0.2) is 13.2 Å². The molecule has 0 unspecified atom stereocenters. The van der Waals surface area contributed by atoms with Crippen molar-refractivity contribution >= 4 is 27.7 Å². The molecule has 1 aromatic rings. The van der Waals surface area contributed by atoms with E-state index in [1.807, 2.05) is 12.3 Å². The second kappa shape index (κ2) is 4.53. The van der Waals surface area contributed by atoms with Crippen molar-refractivity contribution in [3.63, 3.8) is 0 Å². The maximum Gasteiger partial charge on any atom is 0.235 e. The van der Waals surface area contributed by atoms with Crippen LogP contribution in [0.3, 0.4) is 0 Å². The van der Waals surface area contributed by atoms with Crippen LogP contribution < -0.4 is 0 Å². The minimum Gasteiger partial charge on any atom is -0.224 e. The number of hydrogen-bond donors (Lipinski definition) is 0. The van der Waals surface area contributed by atoms with Gasteiger partial charge in [-0.05, 0) is 36.8 Å². The summed E-state index contributed by atoms with van der Waals surface area (Å²) < 4.78 is 23.5. The highest BCUT2D eigenvalue weighted by Crippen LogP contribution is 2.50. The van der Waals surface area contributed by atoms with Crippen molar-refractivity contribution in [3.05, 3.63) is 23.8 Å². The Hall–Kier alpha value is -1.10. The largest absolute Gasteiger partial charge is 0.235 e. The predicted molar refractivity (Wildman–Crippen MR) is 70.4 cm³/mol. The van der Waals surface area contributed by atoms with E-state index in [1.165, 1.54) is 18.0 Å². The van der Waals surface area contributed by atoms with Gasteiger partial charge in [0.2, 0.25) is 6.08 Å². The molecule has 1 aliphatic carbocycles. The summed E-state index contributed by atoms with van der Waals surface area (Å²) in [5, 5.41) is 0. The zero-order valence-corrected chi connectivity index (χ0v) is 11.8. The van der Waals surface area contributed by atoms with Crippen molar-refractivity contribution in [2.24, 2.45) is 4.99 Å². The third-order valence-electron chi connectivity index (χ3n) is 3.08. The number of carbonyl (C=O) groups excluding carboxylic acids is 1. The van der Waals surface area contributed by atoms with Gasteiger partial charge in [0.25, 0.3) is 0 Å². The highest BCUT2D eigenvalue weighted by Gasteiger charge is 2.45. The third kappa shape index (κ3) is 2.36. The van der Waals surface area contributed by atoms with Gasteiger partial charge in [-0.2, -0.15) is 4.99 Å². The van der Waals surface area contributed by atoms with Crippen LogP contribution in [0.1, 0.15) is 18.4 Å². The van der Waals surface area contributed by atoms with Gasteiger partial charge in [-0.1, -0.05) is 6.07 Å². The quantitative estimate of drug-likeness (QED) is 0.482. The van der Waals surface area contributed by atoms with Crippen molar-refractivity contribution in [3.8, 4) is 0 Å². The van der Waals surface area contributed by atoms with E-state index in [-0.39, 0.29) is 0 Å². The van der Waals surface area contributed by atoms with Gasteiger partial charge in [-0.3, -0.25) is 0 Å². The summed E-state index contributed by atoms with van der Waals surface area (Å²) in [5.74, 6) is 0. The lowest BCUT2D eigenvalue weighted by Crippen LogP contribution is -2.06. The standard InChI is InChI=1S/C12H13NO3S2/c1-17-10-4-3-9(7-11(10)18(2,15)16)12(5-6-12)13-8-14/h3-4,7H,5-6H2,1-2H3. The second-order valence-corrected chi connectivity index (χ2v) is 7.20. The van der Waals surface area contributed by atoms with Gasteiger partial charge < -0.3 is 0 Å². The van der Waals surface area contributed by atoms with E-state index in [2.05, 4.69) is 4.99 Å². The molecule has 2 rings (SSSR count). The molecule has 6 heteroatoms. The molecule has 0 N–H and O–H groups in total. The Morgan fingerprint density at radius 1 is 1.39 bits per heavy atom. The lowest BCUT2D eigenvalue weighted by molar-refractivity contribution is 0.556. The topological polar surface area (TPSA) is 63.6 Å². The van der Waals surface area contributed by atoms with Crippen LogP contribution >= 0.6 is 11.8 Å². The van der Waals surface area contributed by atoms with Crippen LogP contribution in [0.25, 0.3) is 0 Å². The molecule has 1 fully saturated rings. The molecule has 1 aliphatic rings. The van der Waals surface area contributed by atoms with E-state index in [9.17, 15) is 13.2 Å². The van der Waals surface area contributed by atoms with Gasteiger partial charge in [0.15, 0.2) is 9.84 Å². The van der Waals surface area contributed by atoms with Gasteiger partial charge in [0.05, 0.1) is 10.4 Å². The fraction of sp³-hybridized carbons (Fsp3) is 0.417. The number of thioether (sulfide) groups is 1. The summed E-state index contributed by atoms with van der Waals surface area (Å²) in [6.45, 7) is 0. The highest BCUT2D eigenvalue weighted by atomic mass is 32.2. The molecule has 0 amide bonds. The van der Waals surface area contributed by atoms with Crippen molar-refractivity contribution in [1.29, 1.82) is 0 Å². The Balaban J connectivity index is 2.57. The summed E-state index contributed by atoms with van der Waals surface area (Å²) in [4.78, 5) is 15.3. The zero-order valence-electron chi connectivity index (χ0n) is 10.1. The SMILES string of the molecule is CSc1ccc(C2(N=C=O)CC2)cc1S(C)(=O)=O. The van der Waals surface area contributed by atoms with Crippen molar-refractivity contribution in [2.75, 3.05) is 12.5 Å². The monoisotopic (exact) mass is 283 g/mol. The first-order valence-electron chi connectivity index (χ1n) is 5.40. The number of isocyanates is 1. The summed E-state index contributed by atoms with van der Waals surface area (Å²) >= 11 is 1.39. The minimum atomic E-state index is -3.28. The molecule has 4 nitrogen and oxygen atoms in total. The van der Waals surface area contributed by atoms with E-state index in [4.69, 9.17) is 0 Å². The molecule has 0 aromatic heterocycles. The number of sulfone groups is 1. The first-order valence-corrected chi connectivity index (χ1v) is 8.52. The fourth-order valence-corrected chi connectivity index (χ4v) is 3.87. The van der Waals surface area contributed by atoms with Crippen LogP contribution in [-0.2, 0) is 20.2 Å². The first kappa shape index (κ1) is 13.3. The molecule has 0 atom stereocenters. The zero-order chi connectivity index (χ0) is 13.4. The molecule has 1 aromatic carbocycles. The van der Waals surface area contributed by atoms with E-state index >= 15 is 0 Å². The van der Waals surface area contributed by atoms with E-state index < -0.39 is 15.4 Å². The third-order valence-corrected chi connectivity index (χ3v) is 5.15. The number of benzene rings is 1. The van der Waals surface area contributed by atoms with Crippen LogP contribution in [0.5, 0.6) is 0 Å². The number of rotatable bonds is 4. The lowest BCUT2D eigenvalue weighted by atomic mass is 10.1. The van der Waals surface area contributed by atoms with Crippen LogP contribution in [0, 0.1) is 0 Å². The average Bonchev–Trinajstić information content (AvgIpc) is 3.08. The molecular weight excluding hydrogens is 270 g/mol. The maximum absolute atomic E-state index is 11.7. The molecule has 96 valence electrons. The molecule has 0 heterocycles. The molecule has 0 spiro atoms. The van der Waals surface area contributed by atoms with E-state index in [0.717, 1.165) is 18.4 Å². The summed E-state index contributed by atoms with van der Waals surface area (Å²) in [5.41, 5.74) is 0.252. The predicted octanol–water partition coefficient (Wildman–Crippen LogP) is 2.14. The van der Waals surface area contributed by atoms with Crippen molar-refractivity contribution < 1.29 is 13.2 Å². The van der Waals surface area contributed by atoms with Gasteiger partial charge in [-0.15, -0.1) is 11.8 Å². The van der Waals surface area contributed by atoms with Crippen LogP contribution in [0.4, 0.5) is 0 Å². The van der Waals surface area contributed by atoms with E-state index in [1.54, 1.807) is 18.2 Å². The number of nitrogens with zero attached hydrogens (tertiary/aromatic N) is 1. The van der Waals surface area contributed by atoms with Crippen molar-refractivity contribution in [2.45, 2.75) is 28.2 Å². The Bertz CT molecular complexity index is 627. The molecule has 0 radical (unpaired) electrons. The first-order chi connectivity index (χ1) is 8.43. The molecule has 18 heavy (non-hydrogen) atoms. The summed E-state index contributed by atoms with van der Waals surface area (Å²) in [6.07, 6.45) is 6.13. The smallest absolute Gasteiger partial charge is 0.224 e. The highest BCUT2D eigenvalue weighted by molar-refractivity contribution is 7.99. The molecule has 1 saturated carbocycles. The van der Waals surface area contributed by atoms with Crippen LogP contribution in [0.15, 0.2) is 33.0 Å². The summed E-state index contributed by atoms with van der Waals surface area (Å²) in [6, 6.07) is 5.25. The Morgan fingerprint density at radius 3 is 2.50 bits per heavy atom. The Labute approximate surface area is 110 Å². The lowest BCUT2D eigenvalue weighted by Gasteiger charge is -2.12. The minimum absolute atomic E-state index is 0.305. The molecule has 0 aliphatic heterocycles. The van der Waals surface area contributed by atoms with Gasteiger partial charge >= 0.3 is 0 Å². The number of aliphatic imine (C=N–C) groups is 1. The molecule has 0 saturated heterocycles. The second-order valence-electron chi connectivity index (χ2n) is 4.37. The molecular formula is C12H13NO3S2. The number of hydrogen-bond acceptors (Lipinski definition) is 5. The fourth-order valence-electron chi connectivity index (χ4n) is 1.93. The Morgan fingerprint density at radius 2 is 2.06 bits per heavy atom. The molecule has 0 bridgehead atoms. The van der Waals surface area contributed by atoms with Gasteiger partial charge in [0, 0.05) is 11.2 Å². The van der Waals surface area contributed by atoms with Crippen LogP contribution in [0.2, 0.25) is 0 Å². The van der Waals surface area contributed by atoms with Gasteiger partial charge in [0.1, 0.15) is 0 Å². The Kier molecular flexibility index (Phi) is 3.36. The summed E-state index contributed by atoms with van der Waals surface area (Å²) in [7, 11) is -3.28. The average molecular weight is 283 g/mol. The normalized spacial score (nSPS) is 17.0. The van der Waals surface area contributed by atoms with Crippen LogP contribution in [-0.4, -0.2) is 27.0 Å². The van der Waals surface area contributed by atoms with E-state index in [0.29, 0.717) is 9.79 Å².